The molecule has 0 unspecified atom stereocenters. The highest BCUT2D eigenvalue weighted by Crippen LogP contribution is 2.16. The third-order valence-electron chi connectivity index (χ3n) is 1.64. The molecule has 62 valence electrons. The third-order valence-corrected chi connectivity index (χ3v) is 1.64. The molecular formula is C7H12N2O2. The van der Waals surface area contributed by atoms with Crippen molar-refractivity contribution in [3.05, 3.63) is 11.6 Å². The minimum Gasteiger partial charge on any atom is -0.327 e. The average Bonchev–Trinajstić information content (AvgIpc) is 2.36. The van der Waals surface area contributed by atoms with Gasteiger partial charge in [0.25, 0.3) is 5.91 Å². The summed E-state index contributed by atoms with van der Waals surface area (Å²) < 4.78 is 0. The maximum absolute atomic E-state index is 11.0. The van der Waals surface area contributed by atoms with E-state index in [1.165, 1.54) is 7.11 Å². The topological polar surface area (TPSA) is 64.3 Å². The Morgan fingerprint density at radius 1 is 1.91 bits per heavy atom. The van der Waals surface area contributed by atoms with Crippen molar-refractivity contribution in [1.29, 1.82) is 0 Å². The van der Waals surface area contributed by atoms with Crippen LogP contribution in [0.5, 0.6) is 0 Å². The molecule has 0 spiro atoms. The summed E-state index contributed by atoms with van der Waals surface area (Å²) in [6.45, 7) is 0. The summed E-state index contributed by atoms with van der Waals surface area (Å²) in [5, 5.41) is 0. The molecule has 0 bridgehead atoms. The first kappa shape index (κ1) is 8.23. The zero-order valence-corrected chi connectivity index (χ0v) is 6.46. The fraction of sp³-hybridized carbons (Fsp3) is 0.571. The first-order valence-electron chi connectivity index (χ1n) is 3.52. The Morgan fingerprint density at radius 3 is 3.09 bits per heavy atom. The van der Waals surface area contributed by atoms with Gasteiger partial charge in [0.2, 0.25) is 0 Å². The van der Waals surface area contributed by atoms with Crippen LogP contribution in [-0.2, 0) is 9.63 Å². The summed E-state index contributed by atoms with van der Waals surface area (Å²) in [6, 6.07) is 0.104. The van der Waals surface area contributed by atoms with Crippen LogP contribution in [-0.4, -0.2) is 19.1 Å². The smallest absolute Gasteiger partial charge is 0.270 e. The monoisotopic (exact) mass is 156 g/mol. The number of amides is 1. The van der Waals surface area contributed by atoms with Gasteiger partial charge in [-0.1, -0.05) is 6.08 Å². The second kappa shape index (κ2) is 3.50. The number of nitrogens with two attached hydrogens (primary N) is 1. The summed E-state index contributed by atoms with van der Waals surface area (Å²) in [4.78, 5) is 15.5. The average molecular weight is 156 g/mol. The van der Waals surface area contributed by atoms with Crippen molar-refractivity contribution in [3.63, 3.8) is 0 Å². The van der Waals surface area contributed by atoms with Crippen LogP contribution in [0.2, 0.25) is 0 Å². The third kappa shape index (κ3) is 2.03. The molecule has 0 fully saturated rings. The minimum absolute atomic E-state index is 0.104. The lowest BCUT2D eigenvalue weighted by molar-refractivity contribution is -0.127. The molecular weight excluding hydrogens is 144 g/mol. The summed E-state index contributed by atoms with van der Waals surface area (Å²) >= 11 is 0. The largest absolute Gasteiger partial charge is 0.327 e. The van der Waals surface area contributed by atoms with Gasteiger partial charge in [-0.05, 0) is 12.8 Å². The van der Waals surface area contributed by atoms with Gasteiger partial charge in [-0.3, -0.25) is 9.63 Å². The molecule has 0 radical (unpaired) electrons. The van der Waals surface area contributed by atoms with Crippen molar-refractivity contribution < 1.29 is 9.63 Å². The second-order valence-corrected chi connectivity index (χ2v) is 2.56. The molecule has 0 aromatic rings. The number of hydrogen-bond acceptors (Lipinski definition) is 3. The van der Waals surface area contributed by atoms with E-state index < -0.39 is 0 Å². The molecule has 0 saturated heterocycles. The molecule has 0 aromatic heterocycles. The Morgan fingerprint density at radius 2 is 2.64 bits per heavy atom. The summed E-state index contributed by atoms with van der Waals surface area (Å²) in [5.74, 6) is -0.180. The van der Waals surface area contributed by atoms with Gasteiger partial charge >= 0.3 is 0 Å². The molecule has 0 heterocycles. The van der Waals surface area contributed by atoms with E-state index in [2.05, 4.69) is 10.3 Å². The highest BCUT2D eigenvalue weighted by Gasteiger charge is 2.18. The molecule has 11 heavy (non-hydrogen) atoms. The lowest BCUT2D eigenvalue weighted by Gasteiger charge is -2.03. The number of hydroxylamine groups is 1. The Balaban J connectivity index is 2.43. The molecule has 0 aliphatic heterocycles. The molecule has 0 aromatic carbocycles. The Kier molecular flexibility index (Phi) is 2.62. The Hall–Kier alpha value is -0.870. The predicted octanol–water partition coefficient (Wildman–Crippen LogP) is -0.289. The SMILES string of the molecule is CONC(=O)C1=CC[C@@H](N)C1. The van der Waals surface area contributed by atoms with E-state index in [9.17, 15) is 4.79 Å². The van der Waals surface area contributed by atoms with Crippen LogP contribution in [0.1, 0.15) is 12.8 Å². The molecule has 4 heteroatoms. The molecule has 1 amide bonds. The van der Waals surface area contributed by atoms with Gasteiger partial charge in [-0.25, -0.2) is 5.48 Å². The van der Waals surface area contributed by atoms with Crippen LogP contribution in [0.3, 0.4) is 0 Å². The van der Waals surface area contributed by atoms with Gasteiger partial charge in [0.1, 0.15) is 0 Å². The van der Waals surface area contributed by atoms with E-state index in [1.807, 2.05) is 6.08 Å². The van der Waals surface area contributed by atoms with Crippen LogP contribution in [0.15, 0.2) is 11.6 Å². The first-order chi connectivity index (χ1) is 5.24. The molecule has 0 saturated carbocycles. The van der Waals surface area contributed by atoms with Crippen LogP contribution < -0.4 is 11.2 Å². The highest BCUT2D eigenvalue weighted by molar-refractivity contribution is 5.93. The van der Waals surface area contributed by atoms with Gasteiger partial charge in [0.15, 0.2) is 0 Å². The van der Waals surface area contributed by atoms with E-state index in [4.69, 9.17) is 5.73 Å². The van der Waals surface area contributed by atoms with Crippen molar-refractivity contribution in [2.24, 2.45) is 5.73 Å². The van der Waals surface area contributed by atoms with Crippen molar-refractivity contribution >= 4 is 5.91 Å². The lowest BCUT2D eigenvalue weighted by atomic mass is 10.2. The molecule has 4 nitrogen and oxygen atoms in total. The van der Waals surface area contributed by atoms with Crippen LogP contribution in [0.4, 0.5) is 0 Å². The highest BCUT2D eigenvalue weighted by atomic mass is 16.6. The molecule has 1 aliphatic rings. The van der Waals surface area contributed by atoms with Crippen molar-refractivity contribution in [1.82, 2.24) is 5.48 Å². The minimum atomic E-state index is -0.180. The van der Waals surface area contributed by atoms with Gasteiger partial charge in [0, 0.05) is 11.6 Å². The van der Waals surface area contributed by atoms with Crippen molar-refractivity contribution in [3.8, 4) is 0 Å². The fourth-order valence-corrected chi connectivity index (χ4v) is 1.09. The summed E-state index contributed by atoms with van der Waals surface area (Å²) in [5.41, 5.74) is 8.55. The van der Waals surface area contributed by atoms with E-state index in [-0.39, 0.29) is 11.9 Å². The maximum Gasteiger partial charge on any atom is 0.270 e. The number of nitrogens with one attached hydrogen (secondary N) is 1. The van der Waals surface area contributed by atoms with Gasteiger partial charge in [-0.15, -0.1) is 0 Å². The van der Waals surface area contributed by atoms with E-state index in [0.29, 0.717) is 6.42 Å². The Bertz CT molecular complexity index is 189. The second-order valence-electron chi connectivity index (χ2n) is 2.56. The molecule has 1 aliphatic carbocycles. The van der Waals surface area contributed by atoms with E-state index in [0.717, 1.165) is 12.0 Å². The van der Waals surface area contributed by atoms with Crippen molar-refractivity contribution in [2.45, 2.75) is 18.9 Å². The van der Waals surface area contributed by atoms with Crippen LogP contribution >= 0.6 is 0 Å². The number of carbonyl (C=O) groups excluding carboxylic acids is 1. The normalized spacial score (nSPS) is 23.1. The zero-order valence-electron chi connectivity index (χ0n) is 6.46. The fourth-order valence-electron chi connectivity index (χ4n) is 1.09. The lowest BCUT2D eigenvalue weighted by Crippen LogP contribution is -2.25. The van der Waals surface area contributed by atoms with E-state index >= 15 is 0 Å². The number of hydrogen-bond donors (Lipinski definition) is 2. The number of rotatable bonds is 2. The Labute approximate surface area is 65.4 Å². The summed E-state index contributed by atoms with van der Waals surface area (Å²) in [7, 11) is 1.41. The molecule has 1 rings (SSSR count). The van der Waals surface area contributed by atoms with Crippen LogP contribution in [0.25, 0.3) is 0 Å². The zero-order chi connectivity index (χ0) is 8.27. The number of carbonyl (C=O) groups is 1. The molecule has 1 atom stereocenters. The quantitative estimate of drug-likeness (QED) is 0.540. The summed E-state index contributed by atoms with van der Waals surface area (Å²) in [6.07, 6.45) is 3.28. The standard InChI is InChI=1S/C7H12N2O2/c1-11-9-7(10)5-2-3-6(8)4-5/h2,6H,3-4,8H2,1H3,(H,9,10)/t6-/m1/s1. The van der Waals surface area contributed by atoms with Gasteiger partial charge in [-0.2, -0.15) is 0 Å². The van der Waals surface area contributed by atoms with Gasteiger partial charge in [0.05, 0.1) is 7.11 Å². The predicted molar refractivity (Wildman–Crippen MR) is 40.4 cm³/mol. The van der Waals surface area contributed by atoms with Gasteiger partial charge < -0.3 is 5.73 Å². The first-order valence-corrected chi connectivity index (χ1v) is 3.52. The molecule has 3 N–H and O–H groups in total. The van der Waals surface area contributed by atoms with Crippen LogP contribution in [0, 0.1) is 0 Å². The van der Waals surface area contributed by atoms with Crippen molar-refractivity contribution in [2.75, 3.05) is 7.11 Å². The van der Waals surface area contributed by atoms with E-state index in [1.54, 1.807) is 0 Å². The maximum atomic E-state index is 11.0.